The van der Waals surface area contributed by atoms with Crippen molar-refractivity contribution in [3.63, 3.8) is 0 Å². The monoisotopic (exact) mass is 197 g/mol. The lowest BCUT2D eigenvalue weighted by Gasteiger charge is -2.06. The number of hydrogen-bond donors (Lipinski definition) is 0. The summed E-state index contributed by atoms with van der Waals surface area (Å²) in [5, 5.41) is 3.66. The van der Waals surface area contributed by atoms with E-state index >= 15 is 0 Å². The summed E-state index contributed by atoms with van der Waals surface area (Å²) >= 11 is 0. The standard InChI is InChI=1S/C9H11NO4/c1-2-13-9(12)8-6-3-5(11)4-7(6)14-10-8/h6-7H,2-4H2,1H3/t6-,7+/m0/s1. The quantitative estimate of drug-likeness (QED) is 0.596. The highest BCUT2D eigenvalue weighted by atomic mass is 16.6. The van der Waals surface area contributed by atoms with Gasteiger partial charge in [0, 0.05) is 12.8 Å². The Morgan fingerprint density at radius 2 is 2.43 bits per heavy atom. The van der Waals surface area contributed by atoms with E-state index in [-0.39, 0.29) is 23.5 Å². The van der Waals surface area contributed by atoms with Crippen LogP contribution in [0.2, 0.25) is 0 Å². The summed E-state index contributed by atoms with van der Waals surface area (Å²) in [5.41, 5.74) is 0.266. The maximum atomic E-state index is 11.4. The van der Waals surface area contributed by atoms with Crippen molar-refractivity contribution in [3.05, 3.63) is 0 Å². The SMILES string of the molecule is CCOC(=O)C1=NO[C@@H]2CC(=O)C[C@H]12. The van der Waals surface area contributed by atoms with E-state index in [2.05, 4.69) is 5.16 Å². The lowest BCUT2D eigenvalue weighted by Crippen LogP contribution is -2.26. The lowest BCUT2D eigenvalue weighted by atomic mass is 10.0. The van der Waals surface area contributed by atoms with Gasteiger partial charge in [-0.15, -0.1) is 0 Å². The molecule has 0 saturated heterocycles. The number of rotatable bonds is 2. The molecular weight excluding hydrogens is 186 g/mol. The molecular formula is C9H11NO4. The molecule has 76 valence electrons. The van der Waals surface area contributed by atoms with E-state index in [0.717, 1.165) is 0 Å². The highest BCUT2D eigenvalue weighted by molar-refractivity contribution is 6.38. The third-order valence-electron chi connectivity index (χ3n) is 2.45. The van der Waals surface area contributed by atoms with Crippen LogP contribution in [0.15, 0.2) is 5.16 Å². The van der Waals surface area contributed by atoms with Gasteiger partial charge in [-0.3, -0.25) is 4.79 Å². The van der Waals surface area contributed by atoms with Crippen molar-refractivity contribution in [2.45, 2.75) is 25.9 Å². The van der Waals surface area contributed by atoms with Crippen molar-refractivity contribution in [2.75, 3.05) is 6.61 Å². The number of carbonyl (C=O) groups is 2. The minimum atomic E-state index is -0.463. The molecule has 0 radical (unpaired) electrons. The largest absolute Gasteiger partial charge is 0.461 e. The smallest absolute Gasteiger partial charge is 0.356 e. The fourth-order valence-electron chi connectivity index (χ4n) is 1.80. The van der Waals surface area contributed by atoms with Gasteiger partial charge < -0.3 is 9.57 Å². The number of ether oxygens (including phenoxy) is 1. The molecule has 0 N–H and O–H groups in total. The molecule has 5 nitrogen and oxygen atoms in total. The first kappa shape index (κ1) is 9.18. The number of ketones is 1. The average molecular weight is 197 g/mol. The highest BCUT2D eigenvalue weighted by Crippen LogP contribution is 2.32. The molecule has 0 unspecified atom stereocenters. The number of fused-ring (bicyclic) bond motifs is 1. The molecule has 0 spiro atoms. The molecule has 0 aromatic heterocycles. The van der Waals surface area contributed by atoms with Crippen molar-refractivity contribution in [2.24, 2.45) is 11.1 Å². The zero-order valence-electron chi connectivity index (χ0n) is 7.86. The molecule has 2 atom stereocenters. The molecule has 2 aliphatic rings. The number of hydrogen-bond acceptors (Lipinski definition) is 5. The summed E-state index contributed by atoms with van der Waals surface area (Å²) in [5.74, 6) is -0.520. The molecule has 1 saturated carbocycles. The fourth-order valence-corrected chi connectivity index (χ4v) is 1.80. The summed E-state index contributed by atoms with van der Waals surface area (Å²) in [6, 6.07) is 0. The van der Waals surface area contributed by atoms with Gasteiger partial charge in [-0.1, -0.05) is 5.16 Å². The predicted molar refractivity (Wildman–Crippen MR) is 46.7 cm³/mol. The first-order valence-corrected chi connectivity index (χ1v) is 4.65. The summed E-state index contributed by atoms with van der Waals surface area (Å²) in [6.07, 6.45) is 0.473. The number of oxime groups is 1. The van der Waals surface area contributed by atoms with Gasteiger partial charge in [-0.05, 0) is 6.92 Å². The third-order valence-corrected chi connectivity index (χ3v) is 2.45. The minimum absolute atomic E-state index is 0.122. The number of Topliss-reactive ketones (excluding diaryl/α,β-unsaturated/α-hetero) is 1. The Kier molecular flexibility index (Phi) is 2.23. The topological polar surface area (TPSA) is 65.0 Å². The van der Waals surface area contributed by atoms with E-state index in [1.165, 1.54) is 0 Å². The Bertz CT molecular complexity index is 310. The van der Waals surface area contributed by atoms with Gasteiger partial charge in [0.2, 0.25) is 0 Å². The summed E-state index contributed by atoms with van der Waals surface area (Å²) in [7, 11) is 0. The lowest BCUT2D eigenvalue weighted by molar-refractivity contribution is -0.135. The highest BCUT2D eigenvalue weighted by Gasteiger charge is 2.45. The Labute approximate surface area is 81.0 Å². The molecule has 5 heteroatoms. The second-order valence-corrected chi connectivity index (χ2v) is 3.39. The fraction of sp³-hybridized carbons (Fsp3) is 0.667. The van der Waals surface area contributed by atoms with Gasteiger partial charge in [-0.25, -0.2) is 4.79 Å². The van der Waals surface area contributed by atoms with Crippen molar-refractivity contribution < 1.29 is 19.2 Å². The average Bonchev–Trinajstić information content (AvgIpc) is 2.62. The van der Waals surface area contributed by atoms with Crippen LogP contribution in [-0.2, 0) is 19.2 Å². The molecule has 0 aromatic carbocycles. The summed E-state index contributed by atoms with van der Waals surface area (Å²) in [4.78, 5) is 27.4. The number of carbonyl (C=O) groups excluding carboxylic acids is 2. The molecule has 1 heterocycles. The Morgan fingerprint density at radius 1 is 1.64 bits per heavy atom. The molecule has 0 amide bonds. The van der Waals surface area contributed by atoms with Gasteiger partial charge in [0.05, 0.1) is 12.5 Å². The first-order chi connectivity index (χ1) is 6.72. The maximum absolute atomic E-state index is 11.4. The van der Waals surface area contributed by atoms with Crippen LogP contribution < -0.4 is 0 Å². The van der Waals surface area contributed by atoms with E-state index < -0.39 is 5.97 Å². The second kappa shape index (κ2) is 3.40. The van der Waals surface area contributed by atoms with Gasteiger partial charge in [0.1, 0.15) is 11.9 Å². The van der Waals surface area contributed by atoms with Crippen LogP contribution >= 0.6 is 0 Å². The zero-order chi connectivity index (χ0) is 10.1. The van der Waals surface area contributed by atoms with Gasteiger partial charge in [-0.2, -0.15) is 0 Å². The normalized spacial score (nSPS) is 29.5. The number of nitrogens with zero attached hydrogens (tertiary/aromatic N) is 1. The van der Waals surface area contributed by atoms with Gasteiger partial charge >= 0.3 is 5.97 Å². The van der Waals surface area contributed by atoms with Crippen LogP contribution in [0.3, 0.4) is 0 Å². The molecule has 1 fully saturated rings. The first-order valence-electron chi connectivity index (χ1n) is 4.65. The van der Waals surface area contributed by atoms with Crippen molar-refractivity contribution >= 4 is 17.5 Å². The Balaban J connectivity index is 2.07. The molecule has 14 heavy (non-hydrogen) atoms. The summed E-state index contributed by atoms with van der Waals surface area (Å²) in [6.45, 7) is 2.04. The number of esters is 1. The van der Waals surface area contributed by atoms with Crippen LogP contribution in [0.25, 0.3) is 0 Å². The van der Waals surface area contributed by atoms with Gasteiger partial charge in [0.25, 0.3) is 0 Å². The van der Waals surface area contributed by atoms with Crippen LogP contribution in [0, 0.1) is 5.92 Å². The second-order valence-electron chi connectivity index (χ2n) is 3.39. The van der Waals surface area contributed by atoms with E-state index in [1.54, 1.807) is 6.92 Å². The molecule has 1 aliphatic heterocycles. The van der Waals surface area contributed by atoms with E-state index in [0.29, 0.717) is 19.4 Å². The Morgan fingerprint density at radius 3 is 3.14 bits per heavy atom. The van der Waals surface area contributed by atoms with Crippen molar-refractivity contribution in [1.29, 1.82) is 0 Å². The maximum Gasteiger partial charge on any atom is 0.356 e. The van der Waals surface area contributed by atoms with Crippen LogP contribution in [-0.4, -0.2) is 30.2 Å². The van der Waals surface area contributed by atoms with Crippen molar-refractivity contribution in [1.82, 2.24) is 0 Å². The third kappa shape index (κ3) is 1.38. The zero-order valence-corrected chi connectivity index (χ0v) is 7.86. The molecule has 0 aromatic rings. The van der Waals surface area contributed by atoms with Crippen LogP contribution in [0.1, 0.15) is 19.8 Å². The van der Waals surface area contributed by atoms with Gasteiger partial charge in [0.15, 0.2) is 5.71 Å². The van der Waals surface area contributed by atoms with Crippen molar-refractivity contribution in [3.8, 4) is 0 Å². The van der Waals surface area contributed by atoms with E-state index in [1.807, 2.05) is 0 Å². The molecule has 0 bridgehead atoms. The van der Waals surface area contributed by atoms with Crippen LogP contribution in [0.4, 0.5) is 0 Å². The Hall–Kier alpha value is -1.39. The summed E-state index contributed by atoms with van der Waals surface area (Å²) < 4.78 is 4.81. The van der Waals surface area contributed by atoms with E-state index in [4.69, 9.17) is 9.57 Å². The molecule has 1 aliphatic carbocycles. The molecule has 2 rings (SSSR count). The van der Waals surface area contributed by atoms with E-state index in [9.17, 15) is 9.59 Å². The van der Waals surface area contributed by atoms with Crippen LogP contribution in [0.5, 0.6) is 0 Å². The predicted octanol–water partition coefficient (Wildman–Crippen LogP) is 0.283. The minimum Gasteiger partial charge on any atom is -0.461 e.